The highest BCUT2D eigenvalue weighted by Crippen LogP contribution is 2.22. The topological polar surface area (TPSA) is 89.9 Å². The summed E-state index contributed by atoms with van der Waals surface area (Å²) in [5.74, 6) is -4.50. The average molecular weight is 354 g/mol. The van der Waals surface area contributed by atoms with Crippen molar-refractivity contribution < 1.29 is 46.1 Å². The number of hydrogen-bond donors (Lipinski definition) is 3. The van der Waals surface area contributed by atoms with E-state index in [1.54, 1.807) is 0 Å². The lowest BCUT2D eigenvalue weighted by Gasteiger charge is -2.45. The summed E-state index contributed by atoms with van der Waals surface area (Å²) in [6, 6.07) is 0.837. The Morgan fingerprint density at radius 2 is 1.43 bits per heavy atom. The number of carboxylic acid groups (broad SMARTS) is 2. The van der Waals surface area contributed by atoms with Crippen LogP contribution in [0.15, 0.2) is 0 Å². The van der Waals surface area contributed by atoms with E-state index in [1.165, 1.54) is 26.1 Å². The lowest BCUT2D eigenvalue weighted by molar-refractivity contribution is -0.193. The Labute approximate surface area is 127 Å². The number of likely N-dealkylation sites (N-methyl/N-ethyl adjacent to an activating group) is 1. The molecule has 0 aromatic heterocycles. The molecule has 0 aromatic rings. The second kappa shape index (κ2) is 8.34. The Bertz CT molecular complexity index is 388. The van der Waals surface area contributed by atoms with Gasteiger partial charge in [0.25, 0.3) is 0 Å². The smallest absolute Gasteiger partial charge is 0.475 e. The average Bonchev–Trinajstić information content (AvgIpc) is 2.32. The molecular weight excluding hydrogens is 338 g/mol. The van der Waals surface area contributed by atoms with E-state index in [2.05, 4.69) is 17.3 Å². The van der Waals surface area contributed by atoms with Crippen LogP contribution >= 0.6 is 0 Å². The normalized spacial score (nSPS) is 24.0. The van der Waals surface area contributed by atoms with E-state index in [9.17, 15) is 26.3 Å². The lowest BCUT2D eigenvalue weighted by atomic mass is 9.85. The number of alkyl halides is 6. The van der Waals surface area contributed by atoms with Gasteiger partial charge in [-0.2, -0.15) is 26.3 Å². The summed E-state index contributed by atoms with van der Waals surface area (Å²) in [5.41, 5.74) is 0. The summed E-state index contributed by atoms with van der Waals surface area (Å²) in [6.45, 7) is 3.85. The molecule has 2 aliphatic rings. The second-order valence-electron chi connectivity index (χ2n) is 4.93. The van der Waals surface area contributed by atoms with Gasteiger partial charge in [-0.15, -0.1) is 0 Å². The highest BCUT2D eigenvalue weighted by atomic mass is 19.4. The number of halogens is 6. The van der Waals surface area contributed by atoms with E-state index < -0.39 is 24.3 Å². The van der Waals surface area contributed by atoms with Crippen molar-refractivity contribution in [3.63, 3.8) is 0 Å². The predicted octanol–water partition coefficient (Wildman–Crippen LogP) is 1.18. The maximum atomic E-state index is 10.6. The minimum atomic E-state index is -5.08. The van der Waals surface area contributed by atoms with Crippen LogP contribution in [0.2, 0.25) is 0 Å². The van der Waals surface area contributed by atoms with E-state index >= 15 is 0 Å². The van der Waals surface area contributed by atoms with E-state index in [0.717, 1.165) is 12.0 Å². The lowest BCUT2D eigenvalue weighted by Crippen LogP contribution is -2.61. The molecule has 6 nitrogen and oxygen atoms in total. The van der Waals surface area contributed by atoms with Crippen molar-refractivity contribution in [2.75, 3.05) is 26.7 Å². The molecule has 2 fully saturated rings. The van der Waals surface area contributed by atoms with Crippen LogP contribution < -0.4 is 5.32 Å². The molecule has 0 radical (unpaired) electrons. The van der Waals surface area contributed by atoms with Crippen molar-refractivity contribution in [3.05, 3.63) is 0 Å². The van der Waals surface area contributed by atoms with Crippen molar-refractivity contribution in [3.8, 4) is 0 Å². The van der Waals surface area contributed by atoms with Crippen LogP contribution in [-0.2, 0) is 9.59 Å². The number of fused-ring (bicyclic) bond motifs is 1. The molecule has 0 unspecified atom stereocenters. The van der Waals surface area contributed by atoms with Crippen LogP contribution in [0.5, 0.6) is 0 Å². The Morgan fingerprint density at radius 1 is 1.04 bits per heavy atom. The van der Waals surface area contributed by atoms with Gasteiger partial charge in [-0.25, -0.2) is 9.59 Å². The largest absolute Gasteiger partial charge is 0.490 e. The van der Waals surface area contributed by atoms with E-state index in [-0.39, 0.29) is 0 Å². The van der Waals surface area contributed by atoms with Crippen LogP contribution in [0.3, 0.4) is 0 Å². The first-order valence-electron chi connectivity index (χ1n) is 6.27. The van der Waals surface area contributed by atoms with Crippen molar-refractivity contribution in [2.24, 2.45) is 5.92 Å². The number of nitrogens with zero attached hydrogens (tertiary/aromatic N) is 1. The van der Waals surface area contributed by atoms with Crippen molar-refractivity contribution in [1.82, 2.24) is 10.2 Å². The Morgan fingerprint density at radius 3 is 1.61 bits per heavy atom. The quantitative estimate of drug-likeness (QED) is 0.566. The van der Waals surface area contributed by atoms with E-state index in [0.29, 0.717) is 0 Å². The molecule has 0 aliphatic carbocycles. The molecule has 23 heavy (non-hydrogen) atoms. The number of nitrogens with one attached hydrogen (secondary N) is 1. The molecule has 2 aliphatic heterocycles. The van der Waals surface area contributed by atoms with Crippen LogP contribution in [0.1, 0.15) is 6.42 Å². The molecule has 0 spiro atoms. The summed E-state index contributed by atoms with van der Waals surface area (Å²) in [7, 11) is 2.20. The van der Waals surface area contributed by atoms with Crippen molar-refractivity contribution in [1.29, 1.82) is 0 Å². The zero-order valence-corrected chi connectivity index (χ0v) is 11.9. The molecule has 2 heterocycles. The molecule has 0 bridgehead atoms. The van der Waals surface area contributed by atoms with Crippen molar-refractivity contribution in [2.45, 2.75) is 24.8 Å². The first kappa shape index (κ1) is 21.4. The highest BCUT2D eigenvalue weighted by molar-refractivity contribution is 5.73. The van der Waals surface area contributed by atoms with Crippen molar-refractivity contribution >= 4 is 11.9 Å². The van der Waals surface area contributed by atoms with Gasteiger partial charge in [-0.05, 0) is 32.5 Å². The third-order valence-corrected chi connectivity index (χ3v) is 3.09. The number of carbonyl (C=O) groups is 2. The summed E-state index contributed by atoms with van der Waals surface area (Å²) in [4.78, 5) is 20.2. The van der Waals surface area contributed by atoms with Crippen LogP contribution in [-0.4, -0.2) is 72.1 Å². The number of likely N-dealkylation sites (tertiary alicyclic amines) is 1. The monoisotopic (exact) mass is 354 g/mol. The zero-order valence-electron chi connectivity index (χ0n) is 11.9. The number of piperidine rings is 1. The van der Waals surface area contributed by atoms with Gasteiger partial charge in [-0.1, -0.05) is 0 Å². The van der Waals surface area contributed by atoms with Gasteiger partial charge < -0.3 is 20.4 Å². The maximum Gasteiger partial charge on any atom is 0.490 e. The van der Waals surface area contributed by atoms with Gasteiger partial charge in [0.2, 0.25) is 0 Å². The maximum absolute atomic E-state index is 10.6. The van der Waals surface area contributed by atoms with Crippen LogP contribution in [0, 0.1) is 5.92 Å². The van der Waals surface area contributed by atoms with E-state index in [4.69, 9.17) is 19.8 Å². The molecule has 0 saturated carbocycles. The van der Waals surface area contributed by atoms with Crippen LogP contribution in [0.4, 0.5) is 26.3 Å². The molecule has 2 saturated heterocycles. The summed E-state index contributed by atoms with van der Waals surface area (Å²) >= 11 is 0. The first-order chi connectivity index (χ1) is 10.2. The van der Waals surface area contributed by atoms with Crippen LogP contribution in [0.25, 0.3) is 0 Å². The number of carboxylic acids is 2. The van der Waals surface area contributed by atoms with E-state index in [1.807, 2.05) is 0 Å². The van der Waals surface area contributed by atoms with Gasteiger partial charge in [0.1, 0.15) is 0 Å². The van der Waals surface area contributed by atoms with Gasteiger partial charge in [0.05, 0.1) is 0 Å². The van der Waals surface area contributed by atoms with Gasteiger partial charge in [0, 0.05) is 12.6 Å². The highest BCUT2D eigenvalue weighted by Gasteiger charge is 2.38. The fraction of sp³-hybridized carbons (Fsp3) is 0.818. The SMILES string of the molecule is CN1CC[C@H]2CN[C@H]2C1.O=C(O)C(F)(F)F.O=C(O)C(F)(F)F. The van der Waals surface area contributed by atoms with Gasteiger partial charge in [0.15, 0.2) is 0 Å². The third-order valence-electron chi connectivity index (χ3n) is 3.09. The molecule has 2 atom stereocenters. The summed E-state index contributed by atoms with van der Waals surface area (Å²) in [6.07, 6.45) is -8.76. The molecule has 2 rings (SSSR count). The molecule has 0 amide bonds. The number of hydrogen-bond acceptors (Lipinski definition) is 4. The molecule has 3 N–H and O–H groups in total. The molecule has 12 heteroatoms. The molecular formula is C11H16F6N2O4. The fourth-order valence-electron chi connectivity index (χ4n) is 1.78. The predicted molar refractivity (Wildman–Crippen MR) is 64.8 cm³/mol. The van der Waals surface area contributed by atoms with Gasteiger partial charge in [-0.3, -0.25) is 0 Å². The standard InChI is InChI=1S/C7H14N2.2C2HF3O2/c1-9-3-2-6-4-8-7(6)5-9;2*3-2(4,5)1(6)7/h6-8H,2-5H2,1H3;2*(H,6,7)/t6-,7-;;/m0../s1. The summed E-state index contributed by atoms with van der Waals surface area (Å²) < 4.78 is 63.5. The number of aliphatic carboxylic acids is 2. The molecule has 0 aromatic carbocycles. The Balaban J connectivity index is 0.000000322. The minimum Gasteiger partial charge on any atom is -0.475 e. The molecule has 136 valence electrons. The summed E-state index contributed by atoms with van der Waals surface area (Å²) in [5, 5.41) is 17.7. The Hall–Kier alpha value is -1.56. The first-order valence-corrected chi connectivity index (χ1v) is 6.27. The fourth-order valence-corrected chi connectivity index (χ4v) is 1.78. The minimum absolute atomic E-state index is 0.837. The van der Waals surface area contributed by atoms with Gasteiger partial charge >= 0.3 is 24.3 Å². The zero-order chi connectivity index (χ0) is 18.4. The third kappa shape index (κ3) is 8.59. The number of rotatable bonds is 0. The second-order valence-corrected chi connectivity index (χ2v) is 4.93. The Kier molecular flexibility index (Phi) is 7.77.